The minimum atomic E-state index is 0.133. The number of fused-ring (bicyclic) bond motifs is 1. The van der Waals surface area contributed by atoms with Crippen molar-refractivity contribution in [2.45, 2.75) is 6.54 Å². The van der Waals surface area contributed by atoms with Gasteiger partial charge in [0.25, 0.3) is 0 Å². The van der Waals surface area contributed by atoms with E-state index in [9.17, 15) is 10.2 Å². The summed E-state index contributed by atoms with van der Waals surface area (Å²) in [6.07, 6.45) is 0. The minimum Gasteiger partial charge on any atom is -0.496 e. The molecule has 0 radical (unpaired) electrons. The van der Waals surface area contributed by atoms with Crippen molar-refractivity contribution in [1.82, 2.24) is 4.90 Å². The number of benzene rings is 2. The van der Waals surface area contributed by atoms with E-state index in [-0.39, 0.29) is 25.0 Å². The van der Waals surface area contributed by atoms with Crippen LogP contribution in [0.4, 0.5) is 0 Å². The number of likely N-dealkylation sites (tertiary alicyclic amines) is 1. The topological polar surface area (TPSA) is 52.9 Å². The molecule has 0 saturated carbocycles. The van der Waals surface area contributed by atoms with Crippen LogP contribution in [0.1, 0.15) is 5.56 Å². The first-order chi connectivity index (χ1) is 10.8. The molecule has 4 heteroatoms. The molecule has 0 amide bonds. The van der Waals surface area contributed by atoms with Crippen molar-refractivity contribution in [3.8, 4) is 5.75 Å². The molecule has 4 nitrogen and oxygen atoms in total. The molecule has 0 spiro atoms. The van der Waals surface area contributed by atoms with Crippen LogP contribution >= 0.6 is 0 Å². The average Bonchev–Trinajstić information content (AvgIpc) is 2.97. The number of hydrogen-bond acceptors (Lipinski definition) is 4. The summed E-state index contributed by atoms with van der Waals surface area (Å²) in [6, 6.07) is 12.4. The molecular formula is C18H23NO3. The van der Waals surface area contributed by atoms with Gasteiger partial charge in [-0.25, -0.2) is 0 Å². The van der Waals surface area contributed by atoms with Crippen molar-refractivity contribution in [1.29, 1.82) is 0 Å². The highest BCUT2D eigenvalue weighted by atomic mass is 16.5. The molecular weight excluding hydrogens is 278 g/mol. The second-order valence-electron chi connectivity index (χ2n) is 6.05. The fourth-order valence-electron chi connectivity index (χ4n) is 3.47. The summed E-state index contributed by atoms with van der Waals surface area (Å²) in [5.74, 6) is 1.21. The predicted octanol–water partition coefficient (Wildman–Crippen LogP) is 1.88. The second kappa shape index (κ2) is 6.65. The Morgan fingerprint density at radius 2 is 1.73 bits per heavy atom. The molecule has 1 aliphatic rings. The molecule has 1 saturated heterocycles. The van der Waals surface area contributed by atoms with Gasteiger partial charge in [-0.15, -0.1) is 0 Å². The lowest BCUT2D eigenvalue weighted by atomic mass is 9.98. The molecule has 2 N–H and O–H groups in total. The Labute approximate surface area is 130 Å². The standard InChI is InChI=1S/C18H23NO3/c1-22-18-7-6-13-4-2-3-5-16(13)17(18)10-19-8-14(11-20)15(9-19)12-21/h2-7,14-15,20-21H,8-12H2,1H3/t14-,15-/m0/s1. The second-order valence-corrected chi connectivity index (χ2v) is 6.05. The maximum Gasteiger partial charge on any atom is 0.123 e. The van der Waals surface area contributed by atoms with Crippen molar-refractivity contribution in [2.75, 3.05) is 33.4 Å². The van der Waals surface area contributed by atoms with Crippen LogP contribution in [-0.2, 0) is 6.54 Å². The smallest absolute Gasteiger partial charge is 0.123 e. The van der Waals surface area contributed by atoms with Crippen molar-refractivity contribution < 1.29 is 14.9 Å². The van der Waals surface area contributed by atoms with E-state index in [1.165, 1.54) is 16.3 Å². The monoisotopic (exact) mass is 301 g/mol. The quantitative estimate of drug-likeness (QED) is 0.885. The highest BCUT2D eigenvalue weighted by Crippen LogP contribution is 2.32. The van der Waals surface area contributed by atoms with E-state index in [0.717, 1.165) is 25.4 Å². The number of rotatable bonds is 5. The number of nitrogens with zero attached hydrogens (tertiary/aromatic N) is 1. The highest BCUT2D eigenvalue weighted by Gasteiger charge is 2.32. The summed E-state index contributed by atoms with van der Waals surface area (Å²) in [5, 5.41) is 21.3. The average molecular weight is 301 g/mol. The van der Waals surface area contributed by atoms with Gasteiger partial charge in [-0.3, -0.25) is 4.90 Å². The molecule has 0 bridgehead atoms. The van der Waals surface area contributed by atoms with E-state index in [2.05, 4.69) is 23.1 Å². The van der Waals surface area contributed by atoms with Crippen LogP contribution in [-0.4, -0.2) is 48.5 Å². The van der Waals surface area contributed by atoms with Gasteiger partial charge < -0.3 is 14.9 Å². The van der Waals surface area contributed by atoms with Gasteiger partial charge in [-0.05, 0) is 16.8 Å². The lowest BCUT2D eigenvalue weighted by Gasteiger charge is -2.19. The van der Waals surface area contributed by atoms with Crippen molar-refractivity contribution in [3.63, 3.8) is 0 Å². The van der Waals surface area contributed by atoms with E-state index >= 15 is 0 Å². The summed E-state index contributed by atoms with van der Waals surface area (Å²) in [5.41, 5.74) is 1.18. The van der Waals surface area contributed by atoms with Gasteiger partial charge in [0.1, 0.15) is 5.75 Å². The van der Waals surface area contributed by atoms with Gasteiger partial charge in [-0.1, -0.05) is 30.3 Å². The number of hydrogen-bond donors (Lipinski definition) is 2. The SMILES string of the molecule is COc1ccc2ccccc2c1CN1C[C@@H](CO)[C@H](CO)C1. The van der Waals surface area contributed by atoms with Gasteiger partial charge in [0, 0.05) is 50.2 Å². The third-order valence-corrected chi connectivity index (χ3v) is 4.72. The molecule has 1 aliphatic heterocycles. The van der Waals surface area contributed by atoms with Crippen LogP contribution in [0.3, 0.4) is 0 Å². The van der Waals surface area contributed by atoms with E-state index in [1.807, 2.05) is 18.2 Å². The van der Waals surface area contributed by atoms with Gasteiger partial charge in [0.15, 0.2) is 0 Å². The Bertz CT molecular complexity index is 631. The summed E-state index contributed by atoms with van der Waals surface area (Å²) >= 11 is 0. The predicted molar refractivity (Wildman–Crippen MR) is 86.9 cm³/mol. The Balaban J connectivity index is 1.90. The lowest BCUT2D eigenvalue weighted by molar-refractivity contribution is 0.152. The molecule has 2 aromatic carbocycles. The first kappa shape index (κ1) is 15.3. The summed E-state index contributed by atoms with van der Waals surface area (Å²) < 4.78 is 5.54. The molecule has 0 unspecified atom stereocenters. The van der Waals surface area contributed by atoms with Gasteiger partial charge >= 0.3 is 0 Å². The Kier molecular flexibility index (Phi) is 4.62. The van der Waals surface area contributed by atoms with E-state index in [4.69, 9.17) is 4.74 Å². The van der Waals surface area contributed by atoms with Crippen molar-refractivity contribution >= 4 is 10.8 Å². The zero-order valence-electron chi connectivity index (χ0n) is 12.9. The van der Waals surface area contributed by atoms with Crippen molar-refractivity contribution in [2.24, 2.45) is 11.8 Å². The Hall–Kier alpha value is -1.62. The van der Waals surface area contributed by atoms with Crippen molar-refractivity contribution in [3.05, 3.63) is 42.0 Å². The lowest BCUT2D eigenvalue weighted by Crippen LogP contribution is -2.21. The summed E-state index contributed by atoms with van der Waals surface area (Å²) in [7, 11) is 1.70. The molecule has 2 atom stereocenters. The number of methoxy groups -OCH3 is 1. The molecule has 118 valence electrons. The zero-order chi connectivity index (χ0) is 15.5. The largest absolute Gasteiger partial charge is 0.496 e. The van der Waals surface area contributed by atoms with E-state index < -0.39 is 0 Å². The first-order valence-corrected chi connectivity index (χ1v) is 7.75. The fourth-order valence-corrected chi connectivity index (χ4v) is 3.47. The Morgan fingerprint density at radius 3 is 2.36 bits per heavy atom. The third kappa shape index (κ3) is 2.82. The molecule has 1 fully saturated rings. The molecule has 0 aromatic heterocycles. The highest BCUT2D eigenvalue weighted by molar-refractivity contribution is 5.87. The maximum absolute atomic E-state index is 9.46. The van der Waals surface area contributed by atoms with E-state index in [0.29, 0.717) is 0 Å². The third-order valence-electron chi connectivity index (χ3n) is 4.72. The van der Waals surface area contributed by atoms with E-state index in [1.54, 1.807) is 7.11 Å². The molecule has 3 rings (SSSR count). The van der Waals surface area contributed by atoms with Crippen LogP contribution in [0.25, 0.3) is 10.8 Å². The normalized spacial score (nSPS) is 22.3. The first-order valence-electron chi connectivity index (χ1n) is 7.75. The van der Waals surface area contributed by atoms with Crippen LogP contribution < -0.4 is 4.74 Å². The zero-order valence-corrected chi connectivity index (χ0v) is 12.9. The fraction of sp³-hybridized carbons (Fsp3) is 0.444. The minimum absolute atomic E-state index is 0.133. The van der Waals surface area contributed by atoms with Crippen LogP contribution in [0, 0.1) is 11.8 Å². The van der Waals surface area contributed by atoms with Crippen LogP contribution in [0.5, 0.6) is 5.75 Å². The summed E-state index contributed by atoms with van der Waals surface area (Å²) in [6.45, 7) is 2.67. The van der Waals surface area contributed by atoms with Gasteiger partial charge in [0.2, 0.25) is 0 Å². The van der Waals surface area contributed by atoms with Gasteiger partial charge in [-0.2, -0.15) is 0 Å². The van der Waals surface area contributed by atoms with Crippen LogP contribution in [0.2, 0.25) is 0 Å². The molecule has 1 heterocycles. The molecule has 2 aromatic rings. The Morgan fingerprint density at radius 1 is 1.05 bits per heavy atom. The molecule has 22 heavy (non-hydrogen) atoms. The number of ether oxygens (including phenoxy) is 1. The number of aliphatic hydroxyl groups excluding tert-OH is 2. The van der Waals surface area contributed by atoms with Gasteiger partial charge in [0.05, 0.1) is 7.11 Å². The summed E-state index contributed by atoms with van der Waals surface area (Å²) in [4.78, 5) is 2.30. The number of aliphatic hydroxyl groups is 2. The maximum atomic E-state index is 9.46. The molecule has 0 aliphatic carbocycles. The van der Waals surface area contributed by atoms with Crippen LogP contribution in [0.15, 0.2) is 36.4 Å².